The van der Waals surface area contributed by atoms with Crippen molar-refractivity contribution >= 4 is 40.1 Å². The largest absolute Gasteiger partial charge is 0.416 e. The molecule has 0 fully saturated rings. The van der Waals surface area contributed by atoms with Crippen molar-refractivity contribution in [1.82, 2.24) is 19.7 Å². The number of anilines is 1. The molecule has 2 N–H and O–H groups in total. The van der Waals surface area contributed by atoms with Gasteiger partial charge in [-0.1, -0.05) is 41.4 Å². The summed E-state index contributed by atoms with van der Waals surface area (Å²) in [6, 6.07) is 9.71. The molecule has 4 rings (SSSR count). The van der Waals surface area contributed by atoms with Gasteiger partial charge >= 0.3 is 6.18 Å². The SMILES string of the molecule is Nc1nc(-c2ccc(C(F)(F)F)cc2)nc2c1cnn2Cc1c(Cl)cccc1Cl. The van der Waals surface area contributed by atoms with Crippen molar-refractivity contribution in [3.05, 3.63) is 69.8 Å². The lowest BCUT2D eigenvalue weighted by atomic mass is 10.1. The molecular formula is C19H12Cl2F3N5. The molecule has 0 radical (unpaired) electrons. The van der Waals surface area contributed by atoms with Gasteiger partial charge in [0.05, 0.1) is 23.7 Å². The molecule has 0 saturated heterocycles. The van der Waals surface area contributed by atoms with Crippen LogP contribution in [0.25, 0.3) is 22.4 Å². The van der Waals surface area contributed by atoms with E-state index in [4.69, 9.17) is 28.9 Å². The van der Waals surface area contributed by atoms with Gasteiger partial charge in [-0.05, 0) is 24.3 Å². The quantitative estimate of drug-likeness (QED) is 0.462. The lowest BCUT2D eigenvalue weighted by molar-refractivity contribution is -0.137. The molecule has 0 amide bonds. The fourth-order valence-corrected chi connectivity index (χ4v) is 3.38. The monoisotopic (exact) mass is 437 g/mol. The zero-order valence-corrected chi connectivity index (χ0v) is 16.1. The Morgan fingerprint density at radius 1 is 0.966 bits per heavy atom. The van der Waals surface area contributed by atoms with E-state index in [2.05, 4.69) is 15.1 Å². The normalized spacial score (nSPS) is 11.9. The van der Waals surface area contributed by atoms with Gasteiger partial charge in [0.2, 0.25) is 0 Å². The Hall–Kier alpha value is -2.84. The number of aromatic nitrogens is 4. The molecule has 4 aromatic rings. The Morgan fingerprint density at radius 2 is 1.62 bits per heavy atom. The topological polar surface area (TPSA) is 69.6 Å². The van der Waals surface area contributed by atoms with Gasteiger partial charge < -0.3 is 5.73 Å². The Labute approximate surface area is 172 Å². The molecule has 0 aliphatic carbocycles. The van der Waals surface area contributed by atoms with Crippen LogP contribution in [-0.4, -0.2) is 19.7 Å². The highest BCUT2D eigenvalue weighted by Crippen LogP contribution is 2.31. The number of alkyl halides is 3. The van der Waals surface area contributed by atoms with E-state index < -0.39 is 11.7 Å². The van der Waals surface area contributed by atoms with E-state index in [0.29, 0.717) is 32.2 Å². The van der Waals surface area contributed by atoms with Crippen molar-refractivity contribution in [3.8, 4) is 11.4 Å². The summed E-state index contributed by atoms with van der Waals surface area (Å²) >= 11 is 12.5. The maximum Gasteiger partial charge on any atom is 0.416 e. The van der Waals surface area contributed by atoms with Crippen LogP contribution in [0, 0.1) is 0 Å². The van der Waals surface area contributed by atoms with E-state index in [0.717, 1.165) is 12.1 Å². The van der Waals surface area contributed by atoms with Crippen molar-refractivity contribution in [2.45, 2.75) is 12.7 Å². The van der Waals surface area contributed by atoms with E-state index in [1.807, 2.05) is 0 Å². The second-order valence-corrected chi connectivity index (χ2v) is 7.06. The molecule has 148 valence electrons. The summed E-state index contributed by atoms with van der Waals surface area (Å²) in [7, 11) is 0. The second kappa shape index (κ2) is 7.20. The zero-order valence-electron chi connectivity index (χ0n) is 14.6. The molecular weight excluding hydrogens is 426 g/mol. The number of nitrogen functional groups attached to an aromatic ring is 1. The number of nitrogens with two attached hydrogens (primary N) is 1. The van der Waals surface area contributed by atoms with E-state index in [1.54, 1.807) is 22.9 Å². The van der Waals surface area contributed by atoms with E-state index >= 15 is 0 Å². The number of fused-ring (bicyclic) bond motifs is 1. The highest BCUT2D eigenvalue weighted by molar-refractivity contribution is 6.36. The summed E-state index contributed by atoms with van der Waals surface area (Å²) in [6.07, 6.45) is -2.90. The summed E-state index contributed by atoms with van der Waals surface area (Å²) in [4.78, 5) is 8.65. The third-order valence-electron chi connectivity index (χ3n) is 4.37. The van der Waals surface area contributed by atoms with Gasteiger partial charge in [-0.25, -0.2) is 14.6 Å². The number of hydrogen-bond donors (Lipinski definition) is 1. The fraction of sp³-hybridized carbons (Fsp3) is 0.105. The number of rotatable bonds is 3. The van der Waals surface area contributed by atoms with Gasteiger partial charge in [0, 0.05) is 21.2 Å². The third kappa shape index (κ3) is 3.73. The van der Waals surface area contributed by atoms with Gasteiger partial charge in [0.1, 0.15) is 5.82 Å². The minimum Gasteiger partial charge on any atom is -0.383 e. The molecule has 0 unspecified atom stereocenters. The van der Waals surface area contributed by atoms with Crippen LogP contribution >= 0.6 is 23.2 Å². The summed E-state index contributed by atoms with van der Waals surface area (Å²) in [5.41, 5.74) is 6.75. The van der Waals surface area contributed by atoms with Crippen molar-refractivity contribution < 1.29 is 13.2 Å². The molecule has 0 aliphatic heterocycles. The Balaban J connectivity index is 1.77. The second-order valence-electron chi connectivity index (χ2n) is 6.25. The van der Waals surface area contributed by atoms with Crippen molar-refractivity contribution in [1.29, 1.82) is 0 Å². The van der Waals surface area contributed by atoms with Gasteiger partial charge in [-0.2, -0.15) is 18.3 Å². The number of benzene rings is 2. The number of halogens is 5. The Morgan fingerprint density at radius 3 is 2.24 bits per heavy atom. The Bertz CT molecular complexity index is 1180. The van der Waals surface area contributed by atoms with E-state index in [1.165, 1.54) is 18.3 Å². The van der Waals surface area contributed by atoms with Crippen LogP contribution in [0.4, 0.5) is 19.0 Å². The minimum atomic E-state index is -4.42. The number of nitrogens with zero attached hydrogens (tertiary/aromatic N) is 4. The van der Waals surface area contributed by atoms with Gasteiger partial charge in [0.15, 0.2) is 11.5 Å². The summed E-state index contributed by atoms with van der Waals surface area (Å²) in [6.45, 7) is 0.241. The molecule has 0 atom stereocenters. The smallest absolute Gasteiger partial charge is 0.383 e. The van der Waals surface area contributed by atoms with Gasteiger partial charge in [0.25, 0.3) is 0 Å². The average Bonchev–Trinajstić information content (AvgIpc) is 3.08. The molecule has 0 saturated carbocycles. The van der Waals surface area contributed by atoms with Crippen LogP contribution in [0.2, 0.25) is 10.0 Å². The van der Waals surface area contributed by atoms with Crippen molar-refractivity contribution in [3.63, 3.8) is 0 Å². The van der Waals surface area contributed by atoms with Crippen molar-refractivity contribution in [2.75, 3.05) is 5.73 Å². The highest BCUT2D eigenvalue weighted by atomic mass is 35.5. The summed E-state index contributed by atoms with van der Waals surface area (Å²) in [5.74, 6) is 0.358. The van der Waals surface area contributed by atoms with Crippen molar-refractivity contribution in [2.24, 2.45) is 0 Å². The van der Waals surface area contributed by atoms with Crippen LogP contribution in [0.5, 0.6) is 0 Å². The lowest BCUT2D eigenvalue weighted by Crippen LogP contribution is -2.06. The predicted octanol–water partition coefficient (Wildman–Crippen LogP) is 5.45. The molecule has 2 aromatic heterocycles. The van der Waals surface area contributed by atoms with E-state index in [-0.39, 0.29) is 18.2 Å². The molecule has 0 aliphatic rings. The Kier molecular flexibility index (Phi) is 4.84. The fourth-order valence-electron chi connectivity index (χ4n) is 2.86. The number of hydrogen-bond acceptors (Lipinski definition) is 4. The van der Waals surface area contributed by atoms with Crippen LogP contribution in [0.3, 0.4) is 0 Å². The summed E-state index contributed by atoms with van der Waals surface area (Å²) < 4.78 is 39.9. The van der Waals surface area contributed by atoms with E-state index in [9.17, 15) is 13.2 Å². The minimum absolute atomic E-state index is 0.168. The first-order valence-electron chi connectivity index (χ1n) is 8.33. The first-order valence-corrected chi connectivity index (χ1v) is 9.09. The molecule has 2 aromatic carbocycles. The van der Waals surface area contributed by atoms with Gasteiger partial charge in [-0.15, -0.1) is 0 Å². The highest BCUT2D eigenvalue weighted by Gasteiger charge is 2.30. The maximum absolute atomic E-state index is 12.8. The molecule has 0 bridgehead atoms. The van der Waals surface area contributed by atoms with Crippen LogP contribution in [-0.2, 0) is 12.7 Å². The van der Waals surface area contributed by atoms with Gasteiger partial charge in [-0.3, -0.25) is 0 Å². The lowest BCUT2D eigenvalue weighted by Gasteiger charge is -2.10. The maximum atomic E-state index is 12.8. The molecule has 10 heteroatoms. The molecule has 5 nitrogen and oxygen atoms in total. The average molecular weight is 438 g/mol. The molecule has 2 heterocycles. The van der Waals surface area contributed by atoms with Crippen LogP contribution in [0.1, 0.15) is 11.1 Å². The predicted molar refractivity (Wildman–Crippen MR) is 106 cm³/mol. The molecule has 29 heavy (non-hydrogen) atoms. The molecule has 0 spiro atoms. The third-order valence-corrected chi connectivity index (χ3v) is 5.07. The first-order chi connectivity index (χ1) is 13.7. The standard InChI is InChI=1S/C19H12Cl2F3N5/c20-14-2-1-3-15(21)13(14)9-29-18-12(8-26-29)16(25)27-17(28-18)10-4-6-11(7-5-10)19(22,23)24/h1-8H,9H2,(H2,25,27,28). The summed E-state index contributed by atoms with van der Waals surface area (Å²) in [5, 5.41) is 5.76. The van der Waals surface area contributed by atoms with Crippen LogP contribution < -0.4 is 5.73 Å². The first kappa shape index (κ1) is 19.5. The van der Waals surface area contributed by atoms with Crippen LogP contribution in [0.15, 0.2) is 48.7 Å². The zero-order chi connectivity index (χ0) is 20.8.